The van der Waals surface area contributed by atoms with Gasteiger partial charge in [0.25, 0.3) is 0 Å². The molecule has 2 atom stereocenters. The van der Waals surface area contributed by atoms with E-state index >= 15 is 0 Å². The van der Waals surface area contributed by atoms with E-state index in [2.05, 4.69) is 5.32 Å². The van der Waals surface area contributed by atoms with E-state index in [0.717, 1.165) is 36.5 Å². The number of anilines is 1. The van der Waals surface area contributed by atoms with Crippen LogP contribution < -0.4 is 10.1 Å². The molecule has 0 unspecified atom stereocenters. The van der Waals surface area contributed by atoms with Crippen molar-refractivity contribution >= 4 is 11.5 Å². The molecule has 1 aliphatic rings. The summed E-state index contributed by atoms with van der Waals surface area (Å²) in [5.74, 6) is 1.93. The first-order valence-corrected chi connectivity index (χ1v) is 7.74. The van der Waals surface area contributed by atoms with Crippen LogP contribution in [0.4, 0.5) is 5.69 Å². The SMILES string of the molecule is COc1ccc(N[C@H](c2ccco2)[C@H]2CCCCC2=O)cc1. The summed E-state index contributed by atoms with van der Waals surface area (Å²) in [5, 5.41) is 3.46. The zero-order valence-corrected chi connectivity index (χ0v) is 12.7. The molecular weight excluding hydrogens is 278 g/mol. The van der Waals surface area contributed by atoms with E-state index in [4.69, 9.17) is 9.15 Å². The smallest absolute Gasteiger partial charge is 0.138 e. The number of Topliss-reactive ketones (excluding diaryl/α,β-unsaturated/α-hetero) is 1. The number of carbonyl (C=O) groups is 1. The van der Waals surface area contributed by atoms with Crippen molar-refractivity contribution in [1.82, 2.24) is 0 Å². The number of hydrogen-bond acceptors (Lipinski definition) is 4. The summed E-state index contributed by atoms with van der Waals surface area (Å²) in [7, 11) is 1.65. The van der Waals surface area contributed by atoms with E-state index in [1.165, 1.54) is 0 Å². The average Bonchev–Trinajstić information content (AvgIpc) is 3.08. The molecule has 2 aromatic rings. The van der Waals surface area contributed by atoms with Gasteiger partial charge in [-0.25, -0.2) is 0 Å². The van der Waals surface area contributed by atoms with Crippen LogP contribution in [-0.2, 0) is 4.79 Å². The molecule has 3 rings (SSSR count). The fraction of sp³-hybridized carbons (Fsp3) is 0.389. The van der Waals surface area contributed by atoms with Crippen LogP contribution in [0.5, 0.6) is 5.75 Å². The van der Waals surface area contributed by atoms with Gasteiger partial charge in [0.2, 0.25) is 0 Å². The fourth-order valence-electron chi connectivity index (χ4n) is 3.07. The lowest BCUT2D eigenvalue weighted by Gasteiger charge is -2.29. The average molecular weight is 299 g/mol. The van der Waals surface area contributed by atoms with Crippen molar-refractivity contribution in [2.45, 2.75) is 31.7 Å². The molecule has 0 saturated heterocycles. The number of ether oxygens (including phenoxy) is 1. The molecule has 0 aliphatic heterocycles. The van der Waals surface area contributed by atoms with Crippen LogP contribution in [0.2, 0.25) is 0 Å². The number of nitrogens with one attached hydrogen (secondary N) is 1. The van der Waals surface area contributed by atoms with Gasteiger partial charge in [0, 0.05) is 18.0 Å². The van der Waals surface area contributed by atoms with Crippen LogP contribution >= 0.6 is 0 Å². The number of methoxy groups -OCH3 is 1. The highest BCUT2D eigenvalue weighted by atomic mass is 16.5. The molecule has 1 aromatic heterocycles. The number of benzene rings is 1. The summed E-state index contributed by atoms with van der Waals surface area (Å²) in [6, 6.07) is 11.4. The molecule has 0 bridgehead atoms. The minimum absolute atomic E-state index is 0.0259. The summed E-state index contributed by atoms with van der Waals surface area (Å²) in [5.41, 5.74) is 0.959. The molecule has 4 nitrogen and oxygen atoms in total. The number of ketones is 1. The third-order valence-electron chi connectivity index (χ3n) is 4.27. The van der Waals surface area contributed by atoms with Crippen molar-refractivity contribution in [3.63, 3.8) is 0 Å². The lowest BCUT2D eigenvalue weighted by molar-refractivity contribution is -0.125. The summed E-state index contributed by atoms with van der Waals surface area (Å²) >= 11 is 0. The summed E-state index contributed by atoms with van der Waals surface area (Å²) < 4.78 is 10.8. The van der Waals surface area contributed by atoms with Crippen LogP contribution in [0.3, 0.4) is 0 Å². The van der Waals surface area contributed by atoms with Gasteiger partial charge >= 0.3 is 0 Å². The lowest BCUT2D eigenvalue weighted by atomic mass is 9.81. The minimum atomic E-state index is -0.115. The lowest BCUT2D eigenvalue weighted by Crippen LogP contribution is -2.30. The van der Waals surface area contributed by atoms with Crippen LogP contribution in [-0.4, -0.2) is 12.9 Å². The van der Waals surface area contributed by atoms with Crippen LogP contribution in [0, 0.1) is 5.92 Å². The normalized spacial score (nSPS) is 19.7. The molecule has 1 aromatic carbocycles. The predicted octanol–water partition coefficient (Wildman–Crippen LogP) is 4.20. The van der Waals surface area contributed by atoms with Crippen molar-refractivity contribution in [1.29, 1.82) is 0 Å². The first kappa shape index (κ1) is 14.7. The van der Waals surface area contributed by atoms with Crippen molar-refractivity contribution < 1.29 is 13.9 Å². The van der Waals surface area contributed by atoms with Gasteiger partial charge in [0.05, 0.1) is 19.4 Å². The van der Waals surface area contributed by atoms with Gasteiger partial charge in [-0.05, 0) is 49.2 Å². The summed E-state index contributed by atoms with van der Waals surface area (Å²) in [6.07, 6.45) is 5.34. The van der Waals surface area contributed by atoms with E-state index in [-0.39, 0.29) is 12.0 Å². The van der Waals surface area contributed by atoms with Gasteiger partial charge in [-0.15, -0.1) is 0 Å². The summed E-state index contributed by atoms with van der Waals surface area (Å²) in [4.78, 5) is 12.3. The predicted molar refractivity (Wildman–Crippen MR) is 85.0 cm³/mol. The molecule has 116 valence electrons. The van der Waals surface area contributed by atoms with Crippen LogP contribution in [0.15, 0.2) is 47.1 Å². The molecule has 22 heavy (non-hydrogen) atoms. The maximum Gasteiger partial charge on any atom is 0.138 e. The van der Waals surface area contributed by atoms with E-state index < -0.39 is 0 Å². The quantitative estimate of drug-likeness (QED) is 0.899. The Morgan fingerprint density at radius 2 is 2.05 bits per heavy atom. The maximum absolute atomic E-state index is 12.3. The van der Waals surface area contributed by atoms with Crippen molar-refractivity contribution in [2.24, 2.45) is 5.92 Å². The number of carbonyl (C=O) groups excluding carboxylic acids is 1. The second kappa shape index (κ2) is 6.69. The van der Waals surface area contributed by atoms with E-state index in [9.17, 15) is 4.79 Å². The van der Waals surface area contributed by atoms with Crippen LogP contribution in [0.1, 0.15) is 37.5 Å². The third-order valence-corrected chi connectivity index (χ3v) is 4.27. The minimum Gasteiger partial charge on any atom is -0.497 e. The molecule has 0 amide bonds. The zero-order valence-electron chi connectivity index (χ0n) is 12.7. The second-order valence-corrected chi connectivity index (χ2v) is 5.68. The summed E-state index contributed by atoms with van der Waals surface area (Å²) in [6.45, 7) is 0. The Labute approximate surface area is 130 Å². The van der Waals surface area contributed by atoms with Gasteiger partial charge in [0.1, 0.15) is 17.3 Å². The Balaban J connectivity index is 1.83. The standard InChI is InChI=1S/C18H21NO3/c1-21-14-10-8-13(9-11-14)19-18(17-7-4-12-22-17)15-5-2-3-6-16(15)20/h4,7-12,15,18-19H,2-3,5-6H2,1H3/t15-,18-/m0/s1. The van der Waals surface area contributed by atoms with Crippen molar-refractivity contribution in [3.8, 4) is 5.75 Å². The number of furan rings is 1. The maximum atomic E-state index is 12.3. The Hall–Kier alpha value is -2.23. The Morgan fingerprint density at radius 3 is 2.68 bits per heavy atom. The Bertz CT molecular complexity index is 604. The number of rotatable bonds is 5. The largest absolute Gasteiger partial charge is 0.497 e. The van der Waals surface area contributed by atoms with E-state index in [1.807, 2.05) is 36.4 Å². The molecule has 4 heteroatoms. The van der Waals surface area contributed by atoms with E-state index in [1.54, 1.807) is 13.4 Å². The van der Waals surface area contributed by atoms with Crippen molar-refractivity contribution in [3.05, 3.63) is 48.4 Å². The Morgan fingerprint density at radius 1 is 1.23 bits per heavy atom. The highest BCUT2D eigenvalue weighted by Gasteiger charge is 2.32. The second-order valence-electron chi connectivity index (χ2n) is 5.68. The molecule has 1 N–H and O–H groups in total. The van der Waals surface area contributed by atoms with Crippen LogP contribution in [0.25, 0.3) is 0 Å². The zero-order chi connectivity index (χ0) is 15.4. The molecule has 1 aliphatic carbocycles. The number of hydrogen-bond donors (Lipinski definition) is 1. The van der Waals surface area contributed by atoms with Gasteiger partial charge in [-0.1, -0.05) is 6.42 Å². The first-order chi connectivity index (χ1) is 10.8. The topological polar surface area (TPSA) is 51.5 Å². The molecule has 0 radical (unpaired) electrons. The molecule has 0 spiro atoms. The van der Waals surface area contributed by atoms with Crippen molar-refractivity contribution in [2.75, 3.05) is 12.4 Å². The van der Waals surface area contributed by atoms with Gasteiger partial charge in [-0.2, -0.15) is 0 Å². The third kappa shape index (κ3) is 3.16. The molecule has 1 fully saturated rings. The molecule has 1 heterocycles. The fourth-order valence-corrected chi connectivity index (χ4v) is 3.07. The monoisotopic (exact) mass is 299 g/mol. The van der Waals surface area contributed by atoms with Gasteiger partial charge in [0.15, 0.2) is 0 Å². The van der Waals surface area contributed by atoms with Gasteiger partial charge < -0.3 is 14.5 Å². The molecular formula is C18H21NO3. The highest BCUT2D eigenvalue weighted by Crippen LogP contribution is 2.35. The van der Waals surface area contributed by atoms with E-state index in [0.29, 0.717) is 12.2 Å². The Kier molecular flexibility index (Phi) is 4.47. The molecule has 1 saturated carbocycles. The van der Waals surface area contributed by atoms with Gasteiger partial charge in [-0.3, -0.25) is 4.79 Å². The first-order valence-electron chi connectivity index (χ1n) is 7.74. The highest BCUT2D eigenvalue weighted by molar-refractivity contribution is 5.83.